The average Bonchev–Trinajstić information content (AvgIpc) is 2.96. The van der Waals surface area contributed by atoms with Crippen LogP contribution in [0, 0.1) is 3.57 Å². The van der Waals surface area contributed by atoms with Crippen LogP contribution in [0.2, 0.25) is 0 Å². The van der Waals surface area contributed by atoms with E-state index in [1.807, 2.05) is 35.8 Å². The predicted molar refractivity (Wildman–Crippen MR) is 120 cm³/mol. The number of rotatable bonds is 7. The van der Waals surface area contributed by atoms with E-state index in [1.54, 1.807) is 18.7 Å². The molecule has 172 valence electrons. The quantitative estimate of drug-likeness (QED) is 0.295. The summed E-state index contributed by atoms with van der Waals surface area (Å²) in [5.41, 5.74) is -0.758. The summed E-state index contributed by atoms with van der Waals surface area (Å²) in [4.78, 5) is 51.6. The lowest BCUT2D eigenvalue weighted by Crippen LogP contribution is -2.40. The summed E-state index contributed by atoms with van der Waals surface area (Å²) in [7, 11) is 0. The van der Waals surface area contributed by atoms with E-state index in [9.17, 15) is 19.2 Å². The molecule has 1 aromatic heterocycles. The molecule has 5 atom stereocenters. The lowest BCUT2D eigenvalue weighted by atomic mass is 10.1. The third-order valence-corrected chi connectivity index (χ3v) is 6.01. The molecule has 2 rings (SSSR count). The fourth-order valence-electron chi connectivity index (χ4n) is 2.81. The van der Waals surface area contributed by atoms with Crippen molar-refractivity contribution in [3.05, 3.63) is 20.3 Å². The minimum absolute atomic E-state index is 0.0234. The maximum absolute atomic E-state index is 12.7. The molecule has 1 saturated heterocycles. The van der Waals surface area contributed by atoms with Crippen molar-refractivity contribution in [3.63, 3.8) is 0 Å². The maximum Gasteiger partial charge on any atom is 0.412 e. The molecule has 1 fully saturated rings. The highest BCUT2D eigenvalue weighted by molar-refractivity contribution is 14.1. The molecule has 0 radical (unpaired) electrons. The molecule has 0 aliphatic carbocycles. The highest BCUT2D eigenvalue weighted by Crippen LogP contribution is 2.33. The number of amides is 1. The van der Waals surface area contributed by atoms with Crippen molar-refractivity contribution >= 4 is 58.2 Å². The molecule has 1 unspecified atom stereocenters. The maximum atomic E-state index is 12.7. The molecule has 1 aromatic rings. The number of halogens is 1. The first-order valence-electron chi connectivity index (χ1n) is 9.28. The van der Waals surface area contributed by atoms with E-state index in [-0.39, 0.29) is 17.7 Å². The number of aromatic nitrogens is 2. The first-order valence-corrected chi connectivity index (χ1v) is 11.6. The van der Waals surface area contributed by atoms with Gasteiger partial charge in [0, 0.05) is 25.3 Å². The Morgan fingerprint density at radius 1 is 1.29 bits per heavy atom. The summed E-state index contributed by atoms with van der Waals surface area (Å²) >= 11 is 3.44. The van der Waals surface area contributed by atoms with Crippen LogP contribution in [0.4, 0.5) is 10.6 Å². The number of nitrogens with one attached hydrogen (secondary N) is 1. The van der Waals surface area contributed by atoms with Crippen LogP contribution in [0.1, 0.15) is 33.9 Å². The summed E-state index contributed by atoms with van der Waals surface area (Å²) in [6.07, 6.45) is -1.10. The molecule has 11 nitrogen and oxygen atoms in total. The van der Waals surface area contributed by atoms with E-state index < -0.39 is 48.3 Å². The van der Waals surface area contributed by atoms with E-state index in [0.717, 1.165) is 4.57 Å². The lowest BCUT2D eigenvalue weighted by Gasteiger charge is -2.23. The van der Waals surface area contributed by atoms with Crippen LogP contribution in [0.5, 0.6) is 0 Å². The number of hydrogen-bond acceptors (Lipinski definition) is 10. The Balaban J connectivity index is 2.26. The van der Waals surface area contributed by atoms with Crippen LogP contribution in [-0.4, -0.2) is 64.0 Å². The van der Waals surface area contributed by atoms with Crippen molar-refractivity contribution < 1.29 is 33.3 Å². The standard InChI is InChI=1S/C18H24IN3O8S/c1-8(31-5)7-27-18(26)21-15-12(19)6-22(17(25)20-15)16-14(30-11(4)24)13(9(2)28-16)29-10(3)23/h6,8-9,13-14,16H,7H2,1-5H3,(H,20,21,25,26)/t8?,9-,13-,14-,16-/m1/s1. The van der Waals surface area contributed by atoms with Crippen molar-refractivity contribution in [1.29, 1.82) is 0 Å². The van der Waals surface area contributed by atoms with Gasteiger partial charge in [-0.25, -0.2) is 9.59 Å². The number of thioether (sulfide) groups is 1. The third kappa shape index (κ3) is 6.80. The molecule has 1 aliphatic rings. The largest absolute Gasteiger partial charge is 0.456 e. The summed E-state index contributed by atoms with van der Waals surface area (Å²) in [5.74, 6) is -1.18. The van der Waals surface area contributed by atoms with Gasteiger partial charge in [0.25, 0.3) is 0 Å². The molecule has 13 heteroatoms. The minimum Gasteiger partial charge on any atom is -0.456 e. The second-order valence-electron chi connectivity index (χ2n) is 6.78. The van der Waals surface area contributed by atoms with Crippen LogP contribution in [0.15, 0.2) is 11.0 Å². The Bertz CT molecular complexity index is 895. The van der Waals surface area contributed by atoms with Gasteiger partial charge < -0.3 is 18.9 Å². The molecule has 31 heavy (non-hydrogen) atoms. The number of anilines is 1. The zero-order valence-corrected chi connectivity index (χ0v) is 20.6. The first-order chi connectivity index (χ1) is 14.5. The fourth-order valence-corrected chi connectivity index (χ4v) is 3.57. The number of carbonyl (C=O) groups excluding carboxylic acids is 3. The Hall–Kier alpha value is -1.87. The lowest BCUT2D eigenvalue weighted by molar-refractivity contribution is -0.165. The number of ether oxygens (including phenoxy) is 4. The third-order valence-electron chi connectivity index (χ3n) is 4.28. The van der Waals surface area contributed by atoms with Crippen molar-refractivity contribution in [2.24, 2.45) is 0 Å². The summed E-state index contributed by atoms with van der Waals surface area (Å²) in [5, 5.41) is 2.56. The van der Waals surface area contributed by atoms with Gasteiger partial charge in [0.1, 0.15) is 6.61 Å². The molecule has 1 N–H and O–H groups in total. The molecule has 0 aromatic carbocycles. The van der Waals surface area contributed by atoms with E-state index in [1.165, 1.54) is 20.0 Å². The van der Waals surface area contributed by atoms with Gasteiger partial charge in [-0.3, -0.25) is 19.5 Å². The fraction of sp³-hybridized carbons (Fsp3) is 0.611. The zero-order valence-electron chi connectivity index (χ0n) is 17.6. The monoisotopic (exact) mass is 569 g/mol. The number of esters is 2. The number of hydrogen-bond donors (Lipinski definition) is 1. The molecule has 0 saturated carbocycles. The topological polar surface area (TPSA) is 135 Å². The smallest absolute Gasteiger partial charge is 0.412 e. The normalized spacial score (nSPS) is 23.7. The summed E-state index contributed by atoms with van der Waals surface area (Å²) in [6.45, 7) is 6.17. The van der Waals surface area contributed by atoms with Gasteiger partial charge in [-0.2, -0.15) is 16.7 Å². The Kier molecular flexibility index (Phi) is 9.12. The molecular formula is C18H24IN3O8S. The second kappa shape index (κ2) is 11.1. The van der Waals surface area contributed by atoms with Crippen molar-refractivity contribution in [2.75, 3.05) is 18.2 Å². The average molecular weight is 569 g/mol. The van der Waals surface area contributed by atoms with Crippen LogP contribution >= 0.6 is 34.4 Å². The first kappa shape index (κ1) is 25.4. The van der Waals surface area contributed by atoms with E-state index in [0.29, 0.717) is 3.57 Å². The highest BCUT2D eigenvalue weighted by atomic mass is 127. The Morgan fingerprint density at radius 3 is 2.48 bits per heavy atom. The van der Waals surface area contributed by atoms with Gasteiger partial charge in [-0.1, -0.05) is 6.92 Å². The predicted octanol–water partition coefficient (Wildman–Crippen LogP) is 1.93. The molecule has 0 bridgehead atoms. The number of nitrogens with zero attached hydrogens (tertiary/aromatic N) is 2. The van der Waals surface area contributed by atoms with Gasteiger partial charge in [0.05, 0.1) is 9.67 Å². The van der Waals surface area contributed by atoms with Crippen molar-refractivity contribution in [1.82, 2.24) is 9.55 Å². The van der Waals surface area contributed by atoms with Crippen molar-refractivity contribution in [2.45, 2.75) is 57.5 Å². The summed E-state index contributed by atoms with van der Waals surface area (Å²) < 4.78 is 22.9. The SMILES string of the molecule is CSC(C)COC(=O)Nc1nc(=O)n([C@@H]2O[C@H](C)[C@@H](OC(C)=O)[C@H]2OC(C)=O)cc1I. The highest BCUT2D eigenvalue weighted by Gasteiger charge is 2.48. The van der Waals surface area contributed by atoms with Gasteiger partial charge >= 0.3 is 23.7 Å². The van der Waals surface area contributed by atoms with Crippen molar-refractivity contribution in [3.8, 4) is 0 Å². The Morgan fingerprint density at radius 2 is 1.90 bits per heavy atom. The molecular weight excluding hydrogens is 545 g/mol. The Labute approximate surface area is 196 Å². The van der Waals surface area contributed by atoms with Gasteiger partial charge in [-0.15, -0.1) is 0 Å². The summed E-state index contributed by atoms with van der Waals surface area (Å²) in [6, 6.07) is 0. The molecule has 2 heterocycles. The molecule has 1 aliphatic heterocycles. The molecule has 0 spiro atoms. The van der Waals surface area contributed by atoms with Crippen LogP contribution in [0.3, 0.4) is 0 Å². The number of carbonyl (C=O) groups is 3. The van der Waals surface area contributed by atoms with E-state index in [4.69, 9.17) is 18.9 Å². The van der Waals surface area contributed by atoms with E-state index in [2.05, 4.69) is 10.3 Å². The second-order valence-corrected chi connectivity index (χ2v) is 9.22. The minimum atomic E-state index is -1.07. The van der Waals surface area contributed by atoms with Crippen LogP contribution in [0.25, 0.3) is 0 Å². The van der Waals surface area contributed by atoms with Gasteiger partial charge in [0.15, 0.2) is 24.3 Å². The van der Waals surface area contributed by atoms with Crippen LogP contribution < -0.4 is 11.0 Å². The zero-order chi connectivity index (χ0) is 23.3. The van der Waals surface area contributed by atoms with Crippen LogP contribution in [-0.2, 0) is 28.5 Å². The van der Waals surface area contributed by atoms with Gasteiger partial charge in [-0.05, 0) is 35.8 Å². The van der Waals surface area contributed by atoms with E-state index >= 15 is 0 Å². The van der Waals surface area contributed by atoms with Gasteiger partial charge in [0.2, 0.25) is 0 Å². The molecule has 1 amide bonds.